The Hall–Kier alpha value is -2.08. The zero-order valence-corrected chi connectivity index (χ0v) is 10.9. The lowest BCUT2D eigenvalue weighted by Gasteiger charge is -2.19. The number of benzene rings is 1. The fraction of sp³-hybridized carbons (Fsp3) is 0.385. The number of nitrogens with zero attached hydrogens (tertiary/aromatic N) is 2. The topological polar surface area (TPSA) is 92.7 Å². The van der Waals surface area contributed by atoms with Crippen molar-refractivity contribution >= 4 is 23.2 Å². The second-order valence-electron chi connectivity index (χ2n) is 4.66. The third-order valence-corrected chi connectivity index (χ3v) is 3.27. The molecular formula is C13H18N4O2. The van der Waals surface area contributed by atoms with Crippen LogP contribution in [0.3, 0.4) is 0 Å². The number of carbonyl (C=O) groups is 2. The Balaban J connectivity index is 2.23. The number of nitrogen functional groups attached to an aromatic ring is 1. The monoisotopic (exact) mass is 262 g/mol. The van der Waals surface area contributed by atoms with Crippen molar-refractivity contribution in [3.63, 3.8) is 0 Å². The van der Waals surface area contributed by atoms with Crippen molar-refractivity contribution in [1.82, 2.24) is 4.90 Å². The van der Waals surface area contributed by atoms with E-state index in [-0.39, 0.29) is 11.8 Å². The van der Waals surface area contributed by atoms with Crippen LogP contribution >= 0.6 is 0 Å². The van der Waals surface area contributed by atoms with Crippen molar-refractivity contribution in [2.75, 3.05) is 23.8 Å². The predicted octanol–water partition coefficient (Wildman–Crippen LogP) is 0.731. The van der Waals surface area contributed by atoms with E-state index in [1.165, 1.54) is 6.92 Å². The molecule has 19 heavy (non-hydrogen) atoms. The van der Waals surface area contributed by atoms with E-state index in [0.717, 1.165) is 30.9 Å². The molecule has 6 nitrogen and oxygen atoms in total. The molecule has 1 aromatic rings. The maximum absolute atomic E-state index is 12.2. The van der Waals surface area contributed by atoms with Gasteiger partial charge in [0.05, 0.1) is 11.4 Å². The van der Waals surface area contributed by atoms with Crippen molar-refractivity contribution < 1.29 is 9.59 Å². The van der Waals surface area contributed by atoms with Gasteiger partial charge in [-0.25, -0.2) is 10.9 Å². The molecule has 1 heterocycles. The molecule has 4 N–H and O–H groups in total. The van der Waals surface area contributed by atoms with Crippen molar-refractivity contribution in [3.8, 4) is 0 Å². The van der Waals surface area contributed by atoms with Crippen LogP contribution in [0.1, 0.15) is 30.1 Å². The molecule has 0 aromatic heterocycles. The fourth-order valence-corrected chi connectivity index (χ4v) is 2.18. The zero-order valence-electron chi connectivity index (χ0n) is 10.9. The van der Waals surface area contributed by atoms with Gasteiger partial charge in [-0.1, -0.05) is 0 Å². The molecule has 0 atom stereocenters. The first kappa shape index (κ1) is 13.4. The lowest BCUT2D eigenvalue weighted by molar-refractivity contribution is -0.116. The second-order valence-corrected chi connectivity index (χ2v) is 4.66. The van der Waals surface area contributed by atoms with Crippen LogP contribution in [0.15, 0.2) is 18.2 Å². The summed E-state index contributed by atoms with van der Waals surface area (Å²) in [5.41, 5.74) is 7.11. The molecule has 1 aliphatic rings. The standard InChI is InChI=1S/C13H18N4O2/c1-9(18)17(15)12-5-4-10(8-11(12)14)13(19)16-6-2-3-7-16/h4-5,8H,2-3,6-7,14-15H2,1H3. The van der Waals surface area contributed by atoms with Gasteiger partial charge < -0.3 is 10.6 Å². The van der Waals surface area contributed by atoms with Crippen molar-refractivity contribution in [3.05, 3.63) is 23.8 Å². The third kappa shape index (κ3) is 2.68. The van der Waals surface area contributed by atoms with Crippen LogP contribution < -0.4 is 16.6 Å². The number of hydrogen-bond acceptors (Lipinski definition) is 4. The largest absolute Gasteiger partial charge is 0.397 e. The lowest BCUT2D eigenvalue weighted by atomic mass is 10.1. The van der Waals surface area contributed by atoms with E-state index in [4.69, 9.17) is 11.6 Å². The molecule has 1 aromatic carbocycles. The van der Waals surface area contributed by atoms with Gasteiger partial charge in [0.2, 0.25) is 5.91 Å². The van der Waals surface area contributed by atoms with Crippen LogP contribution in [0.25, 0.3) is 0 Å². The van der Waals surface area contributed by atoms with Gasteiger partial charge in [0.15, 0.2) is 0 Å². The first-order valence-corrected chi connectivity index (χ1v) is 6.25. The van der Waals surface area contributed by atoms with Crippen molar-refractivity contribution in [2.45, 2.75) is 19.8 Å². The minimum Gasteiger partial charge on any atom is -0.397 e. The molecule has 102 valence electrons. The molecule has 0 aliphatic carbocycles. The predicted molar refractivity (Wildman–Crippen MR) is 73.3 cm³/mol. The Kier molecular flexibility index (Phi) is 3.71. The van der Waals surface area contributed by atoms with E-state index < -0.39 is 0 Å². The van der Waals surface area contributed by atoms with E-state index in [1.54, 1.807) is 23.1 Å². The van der Waals surface area contributed by atoms with Crippen LogP contribution in [0.4, 0.5) is 11.4 Å². The molecule has 2 amide bonds. The quantitative estimate of drug-likeness (QED) is 0.356. The minimum absolute atomic E-state index is 0.0258. The Morgan fingerprint density at radius 1 is 1.26 bits per heavy atom. The molecule has 0 spiro atoms. The number of nitrogens with two attached hydrogens (primary N) is 2. The van der Waals surface area contributed by atoms with E-state index in [9.17, 15) is 9.59 Å². The third-order valence-electron chi connectivity index (χ3n) is 3.27. The molecule has 0 saturated carbocycles. The Morgan fingerprint density at radius 3 is 2.42 bits per heavy atom. The summed E-state index contributed by atoms with van der Waals surface area (Å²) in [4.78, 5) is 25.2. The minimum atomic E-state index is -0.315. The van der Waals surface area contributed by atoms with Crippen molar-refractivity contribution in [2.24, 2.45) is 5.84 Å². The second kappa shape index (κ2) is 5.27. The summed E-state index contributed by atoms with van der Waals surface area (Å²) in [6, 6.07) is 4.81. The summed E-state index contributed by atoms with van der Waals surface area (Å²) in [5.74, 6) is 5.26. The van der Waals surface area contributed by atoms with E-state index in [1.807, 2.05) is 0 Å². The zero-order chi connectivity index (χ0) is 14.0. The summed E-state index contributed by atoms with van der Waals surface area (Å²) in [7, 11) is 0. The Labute approximate surface area is 111 Å². The molecule has 0 unspecified atom stereocenters. The molecule has 1 fully saturated rings. The van der Waals surface area contributed by atoms with Crippen LogP contribution in [0, 0.1) is 0 Å². The first-order chi connectivity index (χ1) is 9.00. The molecule has 1 aliphatic heterocycles. The van der Waals surface area contributed by atoms with Crippen LogP contribution in [-0.4, -0.2) is 29.8 Å². The van der Waals surface area contributed by atoms with Gasteiger partial charge in [-0.2, -0.15) is 0 Å². The normalized spacial score (nSPS) is 14.5. The maximum Gasteiger partial charge on any atom is 0.253 e. The average molecular weight is 262 g/mol. The van der Waals surface area contributed by atoms with Gasteiger partial charge in [0.25, 0.3) is 5.91 Å². The van der Waals surface area contributed by atoms with Gasteiger partial charge in [-0.15, -0.1) is 0 Å². The number of carbonyl (C=O) groups excluding carboxylic acids is 2. The van der Waals surface area contributed by atoms with Crippen LogP contribution in [0.5, 0.6) is 0 Å². The number of rotatable bonds is 2. The van der Waals surface area contributed by atoms with E-state index >= 15 is 0 Å². The maximum atomic E-state index is 12.2. The number of anilines is 2. The summed E-state index contributed by atoms with van der Waals surface area (Å²) >= 11 is 0. The van der Waals surface area contributed by atoms with Gasteiger partial charge in [-0.05, 0) is 31.0 Å². The Bertz CT molecular complexity index is 509. The highest BCUT2D eigenvalue weighted by molar-refractivity contribution is 5.98. The van der Waals surface area contributed by atoms with E-state index in [0.29, 0.717) is 16.9 Å². The van der Waals surface area contributed by atoms with Gasteiger partial charge >= 0.3 is 0 Å². The van der Waals surface area contributed by atoms with Crippen LogP contribution in [0.2, 0.25) is 0 Å². The highest BCUT2D eigenvalue weighted by atomic mass is 16.2. The van der Waals surface area contributed by atoms with Gasteiger partial charge in [0, 0.05) is 25.6 Å². The number of hydrazine groups is 1. The summed E-state index contributed by atoms with van der Waals surface area (Å²) < 4.78 is 0. The number of amides is 2. The summed E-state index contributed by atoms with van der Waals surface area (Å²) in [6.07, 6.45) is 2.08. The number of hydrogen-bond donors (Lipinski definition) is 2. The molecule has 6 heteroatoms. The summed E-state index contributed by atoms with van der Waals surface area (Å²) in [6.45, 7) is 2.93. The van der Waals surface area contributed by atoms with Gasteiger partial charge in [-0.3, -0.25) is 9.59 Å². The SMILES string of the molecule is CC(=O)N(N)c1ccc(C(=O)N2CCCC2)cc1N. The first-order valence-electron chi connectivity index (χ1n) is 6.25. The molecular weight excluding hydrogens is 244 g/mol. The Morgan fingerprint density at radius 2 is 1.89 bits per heavy atom. The van der Waals surface area contributed by atoms with Crippen molar-refractivity contribution in [1.29, 1.82) is 0 Å². The summed E-state index contributed by atoms with van der Waals surface area (Å²) in [5, 5.41) is 0.972. The van der Waals surface area contributed by atoms with E-state index in [2.05, 4.69) is 0 Å². The smallest absolute Gasteiger partial charge is 0.253 e. The highest BCUT2D eigenvalue weighted by Gasteiger charge is 2.20. The molecule has 0 bridgehead atoms. The molecule has 0 radical (unpaired) electrons. The number of likely N-dealkylation sites (tertiary alicyclic amines) is 1. The van der Waals surface area contributed by atoms with Gasteiger partial charge in [0.1, 0.15) is 0 Å². The average Bonchev–Trinajstić information content (AvgIpc) is 2.90. The molecule has 2 rings (SSSR count). The molecule has 1 saturated heterocycles. The van der Waals surface area contributed by atoms with Crippen LogP contribution in [-0.2, 0) is 4.79 Å². The fourth-order valence-electron chi connectivity index (χ4n) is 2.18. The highest BCUT2D eigenvalue weighted by Crippen LogP contribution is 2.24. The lowest BCUT2D eigenvalue weighted by Crippen LogP contribution is -2.36.